The summed E-state index contributed by atoms with van der Waals surface area (Å²) in [6, 6.07) is 13.0. The average Bonchev–Trinajstić information content (AvgIpc) is 3.35. The van der Waals surface area contributed by atoms with Gasteiger partial charge in [0.2, 0.25) is 6.79 Å². The number of fused-ring (bicyclic) bond motifs is 5. The lowest BCUT2D eigenvalue weighted by Crippen LogP contribution is -2.12. The van der Waals surface area contributed by atoms with Crippen molar-refractivity contribution in [3.05, 3.63) is 58.4 Å². The first kappa shape index (κ1) is 16.5. The Morgan fingerprint density at radius 2 is 1.90 bits per heavy atom. The molecule has 1 aliphatic rings. The van der Waals surface area contributed by atoms with Crippen molar-refractivity contribution in [3.8, 4) is 11.5 Å². The highest BCUT2D eigenvalue weighted by atomic mass is 16.7. The van der Waals surface area contributed by atoms with E-state index >= 15 is 0 Å². The minimum absolute atomic E-state index is 0.170. The molecule has 0 radical (unpaired) electrons. The molecule has 3 N–H and O–H groups in total. The molecule has 0 spiro atoms. The number of nitrogens with zero attached hydrogens (tertiary/aromatic N) is 4. The van der Waals surface area contributed by atoms with E-state index in [1.165, 1.54) is 6.21 Å². The summed E-state index contributed by atoms with van der Waals surface area (Å²) in [6.45, 7) is 0.170. The van der Waals surface area contributed by atoms with E-state index < -0.39 is 0 Å². The molecular weight excluding hydrogens is 386 g/mol. The van der Waals surface area contributed by atoms with E-state index in [-0.39, 0.29) is 18.3 Å². The summed E-state index contributed by atoms with van der Waals surface area (Å²) < 4.78 is 10.7. The van der Waals surface area contributed by atoms with Crippen LogP contribution in [0.4, 0.5) is 5.95 Å². The molecule has 30 heavy (non-hydrogen) atoms. The normalized spacial score (nSPS) is 13.1. The molecule has 0 unspecified atom stereocenters. The molecule has 2 aromatic carbocycles. The molecule has 10 heteroatoms. The first-order valence-electron chi connectivity index (χ1n) is 9.11. The third-order valence-corrected chi connectivity index (χ3v) is 4.86. The Kier molecular flexibility index (Phi) is 3.45. The van der Waals surface area contributed by atoms with Crippen LogP contribution < -0.4 is 20.5 Å². The summed E-state index contributed by atoms with van der Waals surface area (Å²) in [5.74, 6) is 1.46. The van der Waals surface area contributed by atoms with Crippen molar-refractivity contribution in [1.82, 2.24) is 25.1 Å². The van der Waals surface area contributed by atoms with Gasteiger partial charge in [-0.1, -0.05) is 18.2 Å². The topological polar surface area (TPSA) is 130 Å². The van der Waals surface area contributed by atoms with Crippen molar-refractivity contribution in [2.45, 2.75) is 0 Å². The number of ether oxygens (including phenoxy) is 2. The number of anilines is 1. The number of aromatic nitrogens is 5. The van der Waals surface area contributed by atoms with Gasteiger partial charge in [-0.05, 0) is 18.2 Å². The molecule has 0 amide bonds. The van der Waals surface area contributed by atoms with Crippen molar-refractivity contribution >= 4 is 45.1 Å². The zero-order chi connectivity index (χ0) is 20.1. The number of aromatic amines is 2. The molecule has 0 fully saturated rings. The standard InChI is InChI=1S/C20H13N7O3/c28-19-11(5-10-6-15-16(30-9-29-15)7-14(10)23-19)8-21-26-20-24-18-17(25-27-20)12-3-1-2-4-13(12)22-18/h1-8H,9H2,(H,23,28)(H2,22,24,26,27)/b21-8-. The molecule has 6 rings (SSSR count). The van der Waals surface area contributed by atoms with Gasteiger partial charge in [-0.25, -0.2) is 5.43 Å². The zero-order valence-corrected chi connectivity index (χ0v) is 15.3. The van der Waals surface area contributed by atoms with Gasteiger partial charge >= 0.3 is 0 Å². The van der Waals surface area contributed by atoms with Crippen LogP contribution in [-0.2, 0) is 0 Å². The molecule has 0 bridgehead atoms. The number of hydrazone groups is 1. The lowest BCUT2D eigenvalue weighted by Gasteiger charge is -2.02. The largest absolute Gasteiger partial charge is 0.454 e. The maximum Gasteiger partial charge on any atom is 0.265 e. The summed E-state index contributed by atoms with van der Waals surface area (Å²) in [5, 5.41) is 14.1. The van der Waals surface area contributed by atoms with Crippen LogP contribution in [0.1, 0.15) is 5.56 Å². The van der Waals surface area contributed by atoms with Gasteiger partial charge in [-0.2, -0.15) is 10.1 Å². The monoisotopic (exact) mass is 399 g/mol. The van der Waals surface area contributed by atoms with Crippen molar-refractivity contribution in [3.63, 3.8) is 0 Å². The lowest BCUT2D eigenvalue weighted by atomic mass is 10.1. The Labute approximate surface area is 167 Å². The maximum atomic E-state index is 12.4. The summed E-state index contributed by atoms with van der Waals surface area (Å²) in [6.07, 6.45) is 1.40. The highest BCUT2D eigenvalue weighted by molar-refractivity contribution is 6.03. The lowest BCUT2D eigenvalue weighted by molar-refractivity contribution is 0.174. The fourth-order valence-electron chi connectivity index (χ4n) is 3.44. The van der Waals surface area contributed by atoms with Gasteiger partial charge in [0.25, 0.3) is 11.5 Å². The molecule has 4 heterocycles. The van der Waals surface area contributed by atoms with Gasteiger partial charge in [0, 0.05) is 22.4 Å². The number of rotatable bonds is 3. The molecule has 0 saturated heterocycles. The minimum Gasteiger partial charge on any atom is -0.454 e. The van der Waals surface area contributed by atoms with E-state index in [0.717, 1.165) is 16.3 Å². The van der Waals surface area contributed by atoms with Gasteiger partial charge in [0.1, 0.15) is 5.52 Å². The van der Waals surface area contributed by atoms with Crippen LogP contribution in [0.2, 0.25) is 0 Å². The van der Waals surface area contributed by atoms with E-state index in [2.05, 4.69) is 35.7 Å². The van der Waals surface area contributed by atoms with Crippen LogP contribution in [0.5, 0.6) is 11.5 Å². The summed E-state index contributed by atoms with van der Waals surface area (Å²) in [5.41, 5.74) is 5.68. The summed E-state index contributed by atoms with van der Waals surface area (Å²) in [7, 11) is 0. The Morgan fingerprint density at radius 3 is 2.83 bits per heavy atom. The minimum atomic E-state index is -0.281. The number of pyridine rings is 1. The van der Waals surface area contributed by atoms with Crippen molar-refractivity contribution < 1.29 is 9.47 Å². The van der Waals surface area contributed by atoms with Crippen LogP contribution in [0.3, 0.4) is 0 Å². The van der Waals surface area contributed by atoms with E-state index in [0.29, 0.717) is 33.7 Å². The fourth-order valence-corrected chi connectivity index (χ4v) is 3.44. The first-order chi connectivity index (χ1) is 14.7. The third kappa shape index (κ3) is 2.62. The molecule has 1 aliphatic heterocycles. The third-order valence-electron chi connectivity index (χ3n) is 4.86. The summed E-state index contributed by atoms with van der Waals surface area (Å²) >= 11 is 0. The second-order valence-corrected chi connectivity index (χ2v) is 6.72. The predicted molar refractivity (Wildman–Crippen MR) is 111 cm³/mol. The van der Waals surface area contributed by atoms with Crippen molar-refractivity contribution in [2.24, 2.45) is 5.10 Å². The Hall–Kier alpha value is -4.47. The molecule has 0 aliphatic carbocycles. The number of H-pyrrole nitrogens is 2. The molecular formula is C20H13N7O3. The van der Waals surface area contributed by atoms with Crippen molar-refractivity contribution in [2.75, 3.05) is 12.2 Å². The molecule has 5 aromatic rings. The Balaban J connectivity index is 1.30. The van der Waals surface area contributed by atoms with Gasteiger partial charge < -0.3 is 19.4 Å². The van der Waals surface area contributed by atoms with Gasteiger partial charge in [-0.15, -0.1) is 10.2 Å². The van der Waals surface area contributed by atoms with Gasteiger partial charge in [-0.3, -0.25) is 4.79 Å². The first-order valence-corrected chi connectivity index (χ1v) is 9.11. The molecule has 0 atom stereocenters. The van der Waals surface area contributed by atoms with Crippen LogP contribution in [0.15, 0.2) is 52.4 Å². The molecule has 3 aromatic heterocycles. The van der Waals surface area contributed by atoms with Crippen LogP contribution >= 0.6 is 0 Å². The number of hydrogen-bond acceptors (Lipinski definition) is 8. The zero-order valence-electron chi connectivity index (χ0n) is 15.3. The maximum absolute atomic E-state index is 12.4. The SMILES string of the molecule is O=c1[nH]c2cc3c(cc2cc1/C=N\Nc1nnc2c(n1)[nH]c1ccccc12)OCO3. The van der Waals surface area contributed by atoms with E-state index in [1.54, 1.807) is 12.1 Å². The quantitative estimate of drug-likeness (QED) is 0.314. The van der Waals surface area contributed by atoms with E-state index in [1.807, 2.05) is 30.3 Å². The predicted octanol–water partition coefficient (Wildman–Crippen LogP) is 2.52. The number of para-hydroxylation sites is 1. The van der Waals surface area contributed by atoms with Crippen LogP contribution in [-0.4, -0.2) is 38.2 Å². The molecule has 146 valence electrons. The van der Waals surface area contributed by atoms with Gasteiger partial charge in [0.15, 0.2) is 17.1 Å². The van der Waals surface area contributed by atoms with Crippen LogP contribution in [0, 0.1) is 0 Å². The van der Waals surface area contributed by atoms with Crippen molar-refractivity contribution in [1.29, 1.82) is 0 Å². The van der Waals surface area contributed by atoms with Gasteiger partial charge in [0.05, 0.1) is 17.3 Å². The second-order valence-electron chi connectivity index (χ2n) is 6.72. The molecule has 0 saturated carbocycles. The fraction of sp³-hybridized carbons (Fsp3) is 0.0500. The Morgan fingerprint density at radius 1 is 1.03 bits per heavy atom. The molecule has 10 nitrogen and oxygen atoms in total. The number of nitrogens with one attached hydrogen (secondary N) is 3. The highest BCUT2D eigenvalue weighted by Gasteiger charge is 2.15. The Bertz CT molecular complexity index is 1540. The van der Waals surface area contributed by atoms with E-state index in [9.17, 15) is 4.79 Å². The average molecular weight is 399 g/mol. The number of benzene rings is 2. The van der Waals surface area contributed by atoms with E-state index in [4.69, 9.17) is 9.47 Å². The summed E-state index contributed by atoms with van der Waals surface area (Å²) in [4.78, 5) is 22.8. The highest BCUT2D eigenvalue weighted by Crippen LogP contribution is 2.35. The van der Waals surface area contributed by atoms with Crippen LogP contribution in [0.25, 0.3) is 33.0 Å². The number of hydrogen-bond donors (Lipinski definition) is 3. The smallest absolute Gasteiger partial charge is 0.265 e. The second kappa shape index (κ2) is 6.27.